The van der Waals surface area contributed by atoms with Gasteiger partial charge in [-0.25, -0.2) is 0 Å². The highest BCUT2D eigenvalue weighted by atomic mass is 16.6. The predicted octanol–water partition coefficient (Wildman–Crippen LogP) is 0.985. The van der Waals surface area contributed by atoms with Crippen LogP contribution in [0.25, 0.3) is 0 Å². The van der Waals surface area contributed by atoms with Gasteiger partial charge in [0.05, 0.1) is 17.6 Å². The van der Waals surface area contributed by atoms with E-state index >= 15 is 0 Å². The summed E-state index contributed by atoms with van der Waals surface area (Å²) >= 11 is 0. The van der Waals surface area contributed by atoms with E-state index in [-0.39, 0.29) is 24.2 Å². The topological polar surface area (TPSA) is 102 Å². The smallest absolute Gasteiger partial charge is 0.270 e. The highest BCUT2D eigenvalue weighted by Gasteiger charge is 2.21. The number of amides is 1. The molecule has 0 aromatic heterocycles. The summed E-state index contributed by atoms with van der Waals surface area (Å²) in [5.41, 5.74) is 6.09. The Morgan fingerprint density at radius 1 is 1.29 bits per heavy atom. The minimum Gasteiger partial charge on any atom is -0.491 e. The maximum Gasteiger partial charge on any atom is 0.270 e. The van der Waals surface area contributed by atoms with E-state index in [1.165, 1.54) is 6.07 Å². The van der Waals surface area contributed by atoms with Crippen molar-refractivity contribution in [1.82, 2.24) is 9.80 Å². The van der Waals surface area contributed by atoms with E-state index in [1.807, 2.05) is 18.7 Å². The zero-order chi connectivity index (χ0) is 17.7. The van der Waals surface area contributed by atoms with Gasteiger partial charge in [-0.15, -0.1) is 0 Å². The van der Waals surface area contributed by atoms with Crippen molar-refractivity contribution in [1.29, 1.82) is 0 Å². The Morgan fingerprint density at radius 2 is 1.92 bits per heavy atom. The molecule has 8 nitrogen and oxygen atoms in total. The Morgan fingerprint density at radius 3 is 2.46 bits per heavy atom. The second kappa shape index (κ2) is 8.07. The number of nitrogens with zero attached hydrogens (tertiary/aromatic N) is 3. The molecule has 24 heavy (non-hydrogen) atoms. The van der Waals surface area contributed by atoms with Crippen molar-refractivity contribution in [2.24, 2.45) is 5.73 Å². The molecule has 1 aliphatic heterocycles. The number of nitro groups is 1. The first-order valence-corrected chi connectivity index (χ1v) is 8.02. The molecule has 1 aromatic rings. The Kier molecular flexibility index (Phi) is 6.10. The Hall–Kier alpha value is -2.19. The average molecular weight is 336 g/mol. The van der Waals surface area contributed by atoms with Crippen molar-refractivity contribution in [3.63, 3.8) is 0 Å². The zero-order valence-electron chi connectivity index (χ0n) is 14.1. The van der Waals surface area contributed by atoms with E-state index in [2.05, 4.69) is 4.90 Å². The summed E-state index contributed by atoms with van der Waals surface area (Å²) in [5, 5.41) is 11.0. The maximum absolute atomic E-state index is 11.0. The van der Waals surface area contributed by atoms with Gasteiger partial charge in [0, 0.05) is 50.4 Å². The molecule has 1 amide bonds. The standard InChI is InChI=1S/C16H24N4O4/c1-12(2)24-15-4-3-14(20(22)23)9-13(15)10-18-5-7-19(8-6-18)11-16(17)21/h3-4,9,12H,5-8,10-11H2,1-2H3,(H2,17,21). The van der Waals surface area contributed by atoms with Crippen LogP contribution in [0.4, 0.5) is 5.69 Å². The van der Waals surface area contributed by atoms with Crippen molar-refractivity contribution in [2.45, 2.75) is 26.5 Å². The lowest BCUT2D eigenvalue weighted by Gasteiger charge is -2.34. The van der Waals surface area contributed by atoms with Crippen molar-refractivity contribution < 1.29 is 14.5 Å². The van der Waals surface area contributed by atoms with Crippen LogP contribution < -0.4 is 10.5 Å². The van der Waals surface area contributed by atoms with Crippen LogP contribution in [0.15, 0.2) is 18.2 Å². The fourth-order valence-corrected chi connectivity index (χ4v) is 2.74. The molecule has 0 saturated carbocycles. The first kappa shape index (κ1) is 18.2. The summed E-state index contributed by atoms with van der Waals surface area (Å²) in [4.78, 5) is 25.8. The molecule has 132 valence electrons. The molecule has 2 rings (SSSR count). The normalized spacial score (nSPS) is 16.3. The summed E-state index contributed by atoms with van der Waals surface area (Å²) in [7, 11) is 0. The molecule has 0 spiro atoms. The molecule has 0 unspecified atom stereocenters. The summed E-state index contributed by atoms with van der Waals surface area (Å²) in [6.07, 6.45) is -0.00220. The van der Waals surface area contributed by atoms with Crippen LogP contribution in [0.1, 0.15) is 19.4 Å². The lowest BCUT2D eigenvalue weighted by atomic mass is 10.1. The molecule has 1 aliphatic rings. The summed E-state index contributed by atoms with van der Waals surface area (Å²) in [6, 6.07) is 4.70. The lowest BCUT2D eigenvalue weighted by molar-refractivity contribution is -0.385. The largest absolute Gasteiger partial charge is 0.491 e. The van der Waals surface area contributed by atoms with Crippen molar-refractivity contribution in [3.8, 4) is 5.75 Å². The average Bonchev–Trinajstić information content (AvgIpc) is 2.49. The molecule has 0 atom stereocenters. The van der Waals surface area contributed by atoms with E-state index in [4.69, 9.17) is 10.5 Å². The Labute approximate surface area is 141 Å². The van der Waals surface area contributed by atoms with Gasteiger partial charge >= 0.3 is 0 Å². The maximum atomic E-state index is 11.0. The van der Waals surface area contributed by atoms with Gasteiger partial charge in [-0.2, -0.15) is 0 Å². The molecule has 8 heteroatoms. The summed E-state index contributed by atoms with van der Waals surface area (Å²) in [5.74, 6) is 0.352. The van der Waals surface area contributed by atoms with Gasteiger partial charge in [0.15, 0.2) is 0 Å². The predicted molar refractivity (Wildman–Crippen MR) is 89.8 cm³/mol. The van der Waals surface area contributed by atoms with Gasteiger partial charge in [0.2, 0.25) is 5.91 Å². The number of carbonyl (C=O) groups is 1. The number of ether oxygens (including phenoxy) is 1. The van der Waals surface area contributed by atoms with Crippen molar-refractivity contribution in [3.05, 3.63) is 33.9 Å². The van der Waals surface area contributed by atoms with E-state index in [0.29, 0.717) is 12.3 Å². The Bertz CT molecular complexity index is 598. The molecular formula is C16H24N4O4. The first-order valence-electron chi connectivity index (χ1n) is 8.02. The molecule has 0 aliphatic carbocycles. The van der Waals surface area contributed by atoms with Gasteiger partial charge < -0.3 is 10.5 Å². The number of rotatable bonds is 7. The van der Waals surface area contributed by atoms with Crippen molar-refractivity contribution >= 4 is 11.6 Å². The SMILES string of the molecule is CC(C)Oc1ccc([N+](=O)[O-])cc1CN1CCN(CC(N)=O)CC1. The van der Waals surface area contributed by atoms with E-state index < -0.39 is 4.92 Å². The summed E-state index contributed by atoms with van der Waals surface area (Å²) in [6.45, 7) is 7.74. The van der Waals surface area contributed by atoms with Gasteiger partial charge in [0.25, 0.3) is 5.69 Å². The van der Waals surface area contributed by atoms with Crippen LogP contribution in [0, 0.1) is 10.1 Å². The van der Waals surface area contributed by atoms with Crippen LogP contribution in [0.5, 0.6) is 5.75 Å². The second-order valence-corrected chi connectivity index (χ2v) is 6.23. The Balaban J connectivity index is 2.06. The highest BCUT2D eigenvalue weighted by Crippen LogP contribution is 2.26. The number of piperazine rings is 1. The molecular weight excluding hydrogens is 312 g/mol. The lowest BCUT2D eigenvalue weighted by Crippen LogP contribution is -2.48. The number of primary amides is 1. The number of benzene rings is 1. The quantitative estimate of drug-likeness (QED) is 0.588. The van der Waals surface area contributed by atoms with Gasteiger partial charge in [-0.3, -0.25) is 24.7 Å². The van der Waals surface area contributed by atoms with Gasteiger partial charge in [-0.05, 0) is 19.9 Å². The third-order valence-electron chi connectivity index (χ3n) is 3.86. The van der Waals surface area contributed by atoms with E-state index in [0.717, 1.165) is 31.7 Å². The second-order valence-electron chi connectivity index (χ2n) is 6.23. The van der Waals surface area contributed by atoms with Crippen LogP contribution in [0.3, 0.4) is 0 Å². The molecule has 0 bridgehead atoms. The monoisotopic (exact) mass is 336 g/mol. The van der Waals surface area contributed by atoms with Crippen LogP contribution in [-0.2, 0) is 11.3 Å². The molecule has 1 saturated heterocycles. The zero-order valence-corrected chi connectivity index (χ0v) is 14.1. The number of non-ortho nitro benzene ring substituents is 1. The number of carbonyl (C=O) groups excluding carboxylic acids is 1. The van der Waals surface area contributed by atoms with E-state index in [9.17, 15) is 14.9 Å². The minimum atomic E-state index is -0.395. The number of nitrogens with two attached hydrogens (primary N) is 1. The number of hydrogen-bond donors (Lipinski definition) is 1. The fourth-order valence-electron chi connectivity index (χ4n) is 2.74. The van der Waals surface area contributed by atoms with Gasteiger partial charge in [-0.1, -0.05) is 0 Å². The highest BCUT2D eigenvalue weighted by molar-refractivity contribution is 5.75. The first-order chi connectivity index (χ1) is 11.3. The van der Waals surface area contributed by atoms with Crippen LogP contribution in [-0.4, -0.2) is 59.5 Å². The molecule has 2 N–H and O–H groups in total. The van der Waals surface area contributed by atoms with Crippen LogP contribution >= 0.6 is 0 Å². The summed E-state index contributed by atoms with van der Waals surface area (Å²) < 4.78 is 5.77. The molecule has 1 fully saturated rings. The molecule has 1 aromatic carbocycles. The fraction of sp³-hybridized carbons (Fsp3) is 0.562. The van der Waals surface area contributed by atoms with Gasteiger partial charge in [0.1, 0.15) is 5.75 Å². The third kappa shape index (κ3) is 5.17. The molecule has 1 heterocycles. The van der Waals surface area contributed by atoms with Crippen molar-refractivity contribution in [2.75, 3.05) is 32.7 Å². The van der Waals surface area contributed by atoms with E-state index in [1.54, 1.807) is 12.1 Å². The molecule has 0 radical (unpaired) electrons. The minimum absolute atomic E-state index is 0.00220. The van der Waals surface area contributed by atoms with Crippen LogP contribution in [0.2, 0.25) is 0 Å². The number of nitro benzene ring substituents is 1. The third-order valence-corrected chi connectivity index (χ3v) is 3.86. The number of hydrogen-bond acceptors (Lipinski definition) is 6.